The number of rotatable bonds is 5. The highest BCUT2D eigenvalue weighted by atomic mass is 19.4. The number of hydrogen-bond donors (Lipinski definition) is 2. The third kappa shape index (κ3) is 5.23. The number of nitrogens with one attached hydrogen (secondary N) is 2. The molecule has 9 nitrogen and oxygen atoms in total. The van der Waals surface area contributed by atoms with Crippen molar-refractivity contribution in [3.05, 3.63) is 58.4 Å². The molecule has 0 spiro atoms. The average Bonchev–Trinajstić information content (AvgIpc) is 3.22. The summed E-state index contributed by atoms with van der Waals surface area (Å²) in [5, 5.41) is 9.15. The standard InChI is InChI=1S/C22H21F4N7O2/c1-21(2,3)14-8-18-32(10-17(34)29-15-6-4-12(23)9-27-15)19-13(20(35)33(18)31-14)5-7-16(30-19)28-11-22(24,25)26/h4-9H,10-11H2,1-3H3,(H,28,30)(H,27,29,34). The first-order valence-electron chi connectivity index (χ1n) is 10.5. The molecule has 0 saturated carbocycles. The molecule has 0 aromatic carbocycles. The van der Waals surface area contributed by atoms with Gasteiger partial charge in [0, 0.05) is 11.5 Å². The van der Waals surface area contributed by atoms with E-state index < -0.39 is 35.4 Å². The van der Waals surface area contributed by atoms with Crippen LogP contribution >= 0.6 is 0 Å². The van der Waals surface area contributed by atoms with E-state index in [0.29, 0.717) is 5.69 Å². The van der Waals surface area contributed by atoms with Gasteiger partial charge in [0.05, 0.1) is 17.3 Å². The Labute approximate surface area is 195 Å². The molecule has 0 bridgehead atoms. The van der Waals surface area contributed by atoms with Crippen molar-refractivity contribution in [3.63, 3.8) is 0 Å². The van der Waals surface area contributed by atoms with Crippen LogP contribution in [0.15, 0.2) is 41.3 Å². The summed E-state index contributed by atoms with van der Waals surface area (Å²) in [6, 6.07) is 6.61. The second-order valence-electron chi connectivity index (χ2n) is 8.89. The topological polar surface area (TPSA) is 106 Å². The van der Waals surface area contributed by atoms with Gasteiger partial charge in [-0.2, -0.15) is 22.8 Å². The molecule has 13 heteroatoms. The summed E-state index contributed by atoms with van der Waals surface area (Å²) in [6.07, 6.45) is -3.54. The van der Waals surface area contributed by atoms with Crippen molar-refractivity contribution >= 4 is 34.2 Å². The Morgan fingerprint density at radius 2 is 1.80 bits per heavy atom. The molecular weight excluding hydrogens is 470 g/mol. The lowest BCUT2D eigenvalue weighted by molar-refractivity contribution is -0.117. The summed E-state index contributed by atoms with van der Waals surface area (Å²) in [4.78, 5) is 33.9. The van der Waals surface area contributed by atoms with Crippen LogP contribution in [0.25, 0.3) is 16.7 Å². The van der Waals surface area contributed by atoms with Crippen molar-refractivity contribution in [1.29, 1.82) is 0 Å². The van der Waals surface area contributed by atoms with Gasteiger partial charge in [0.2, 0.25) is 5.91 Å². The molecule has 0 aliphatic carbocycles. The van der Waals surface area contributed by atoms with Gasteiger partial charge >= 0.3 is 6.18 Å². The fourth-order valence-corrected chi connectivity index (χ4v) is 3.34. The molecule has 4 aromatic heterocycles. The number of hydrogen-bond acceptors (Lipinski definition) is 6. The predicted molar refractivity (Wildman–Crippen MR) is 121 cm³/mol. The van der Waals surface area contributed by atoms with Crippen LogP contribution in [0.1, 0.15) is 26.5 Å². The van der Waals surface area contributed by atoms with E-state index >= 15 is 0 Å². The van der Waals surface area contributed by atoms with Crippen LogP contribution < -0.4 is 16.2 Å². The molecule has 0 atom stereocenters. The Kier molecular flexibility index (Phi) is 5.95. The maximum Gasteiger partial charge on any atom is 0.405 e. The number of carbonyl (C=O) groups excluding carboxylic acids is 1. The quantitative estimate of drug-likeness (QED) is 0.414. The summed E-state index contributed by atoms with van der Waals surface area (Å²) in [5.41, 5.74) is -0.172. The summed E-state index contributed by atoms with van der Waals surface area (Å²) in [7, 11) is 0. The number of nitrogens with zero attached hydrogens (tertiary/aromatic N) is 5. The van der Waals surface area contributed by atoms with Crippen molar-refractivity contribution in [3.8, 4) is 0 Å². The zero-order valence-corrected chi connectivity index (χ0v) is 18.9. The van der Waals surface area contributed by atoms with Crippen LogP contribution in [0.5, 0.6) is 0 Å². The Balaban J connectivity index is 1.84. The third-order valence-electron chi connectivity index (χ3n) is 5.06. The van der Waals surface area contributed by atoms with Crippen molar-refractivity contribution in [2.24, 2.45) is 0 Å². The van der Waals surface area contributed by atoms with E-state index in [2.05, 4.69) is 25.7 Å². The molecular formula is C22H21F4N7O2. The molecule has 0 aliphatic heterocycles. The summed E-state index contributed by atoms with van der Waals surface area (Å²) in [6.45, 7) is 3.99. The average molecular weight is 491 g/mol. The van der Waals surface area contributed by atoms with Crippen LogP contribution in [0.2, 0.25) is 0 Å². The van der Waals surface area contributed by atoms with E-state index in [1.807, 2.05) is 20.8 Å². The highest BCUT2D eigenvalue weighted by molar-refractivity contribution is 5.91. The zero-order valence-electron chi connectivity index (χ0n) is 18.9. The fourth-order valence-electron chi connectivity index (χ4n) is 3.34. The Bertz CT molecular complexity index is 1470. The number of alkyl halides is 3. The molecule has 4 rings (SSSR count). The molecule has 2 N–H and O–H groups in total. The maximum absolute atomic E-state index is 13.1. The van der Waals surface area contributed by atoms with Gasteiger partial charge in [0.1, 0.15) is 41.8 Å². The summed E-state index contributed by atoms with van der Waals surface area (Å²) >= 11 is 0. The smallest absolute Gasteiger partial charge is 0.361 e. The molecule has 0 fully saturated rings. The number of pyridine rings is 2. The van der Waals surface area contributed by atoms with Crippen molar-refractivity contribution in [2.45, 2.75) is 38.9 Å². The first kappa shape index (κ1) is 24.1. The van der Waals surface area contributed by atoms with Crippen molar-refractivity contribution < 1.29 is 22.4 Å². The molecule has 35 heavy (non-hydrogen) atoms. The zero-order chi connectivity index (χ0) is 25.5. The minimum atomic E-state index is -4.48. The van der Waals surface area contributed by atoms with E-state index in [9.17, 15) is 27.2 Å². The molecule has 4 aromatic rings. The van der Waals surface area contributed by atoms with E-state index in [1.54, 1.807) is 6.07 Å². The first-order valence-corrected chi connectivity index (χ1v) is 10.5. The van der Waals surface area contributed by atoms with E-state index in [1.165, 1.54) is 22.8 Å². The van der Waals surface area contributed by atoms with Gasteiger partial charge in [-0.25, -0.2) is 14.4 Å². The molecule has 0 unspecified atom stereocenters. The van der Waals surface area contributed by atoms with Crippen molar-refractivity contribution in [2.75, 3.05) is 17.2 Å². The Hall–Kier alpha value is -4.03. The number of fused-ring (bicyclic) bond motifs is 2. The molecule has 0 aliphatic rings. The molecule has 1 amide bonds. The van der Waals surface area contributed by atoms with Crippen LogP contribution in [0.4, 0.5) is 29.2 Å². The van der Waals surface area contributed by atoms with E-state index in [4.69, 9.17) is 0 Å². The van der Waals surface area contributed by atoms with Crippen molar-refractivity contribution in [1.82, 2.24) is 24.1 Å². The SMILES string of the molecule is CC(C)(C)c1cc2n(CC(=O)Nc3ccc(F)cn3)c3nc(NCC(F)(F)F)ccc3c(=O)n2n1. The minimum absolute atomic E-state index is 0.00255. The third-order valence-corrected chi connectivity index (χ3v) is 5.06. The normalized spacial score (nSPS) is 12.3. The predicted octanol–water partition coefficient (Wildman–Crippen LogP) is 3.49. The number of carbonyl (C=O) groups is 1. The molecule has 0 radical (unpaired) electrons. The molecule has 0 saturated heterocycles. The van der Waals surface area contributed by atoms with Crippen LogP contribution in [-0.2, 0) is 16.8 Å². The highest BCUT2D eigenvalue weighted by Gasteiger charge is 2.27. The van der Waals surface area contributed by atoms with E-state index in [0.717, 1.165) is 16.8 Å². The number of halogens is 4. The lowest BCUT2D eigenvalue weighted by Crippen LogP contribution is -2.26. The summed E-state index contributed by atoms with van der Waals surface area (Å²) < 4.78 is 53.7. The van der Waals surface area contributed by atoms with Crippen LogP contribution in [-0.4, -0.2) is 42.8 Å². The molecule has 4 heterocycles. The Morgan fingerprint density at radius 1 is 1.09 bits per heavy atom. The summed E-state index contributed by atoms with van der Waals surface area (Å²) in [5.74, 6) is -1.18. The highest BCUT2D eigenvalue weighted by Crippen LogP contribution is 2.24. The number of anilines is 2. The van der Waals surface area contributed by atoms with Gasteiger partial charge in [0.15, 0.2) is 0 Å². The fraction of sp³-hybridized carbons (Fsp3) is 0.318. The lowest BCUT2D eigenvalue weighted by atomic mass is 9.93. The first-order chi connectivity index (χ1) is 16.3. The second-order valence-corrected chi connectivity index (χ2v) is 8.89. The number of aromatic nitrogens is 5. The maximum atomic E-state index is 13.1. The Morgan fingerprint density at radius 3 is 2.43 bits per heavy atom. The van der Waals surface area contributed by atoms with Crippen LogP contribution in [0, 0.1) is 5.82 Å². The van der Waals surface area contributed by atoms with Gasteiger partial charge in [0.25, 0.3) is 5.56 Å². The lowest BCUT2D eigenvalue weighted by Gasteiger charge is -2.14. The molecule has 184 valence electrons. The van der Waals surface area contributed by atoms with Gasteiger partial charge in [-0.05, 0) is 24.3 Å². The van der Waals surface area contributed by atoms with Gasteiger partial charge < -0.3 is 15.2 Å². The second kappa shape index (κ2) is 8.64. The van der Waals surface area contributed by atoms with Gasteiger partial charge in [-0.1, -0.05) is 20.8 Å². The van der Waals surface area contributed by atoms with Gasteiger partial charge in [-0.3, -0.25) is 9.59 Å². The van der Waals surface area contributed by atoms with Gasteiger partial charge in [-0.15, -0.1) is 0 Å². The minimum Gasteiger partial charge on any atom is -0.361 e. The van der Waals surface area contributed by atoms with E-state index in [-0.39, 0.29) is 34.9 Å². The number of amides is 1. The monoisotopic (exact) mass is 491 g/mol. The van der Waals surface area contributed by atoms with Crippen LogP contribution in [0.3, 0.4) is 0 Å². The largest absolute Gasteiger partial charge is 0.405 e.